The number of para-hydroxylation sites is 3. The molecular weight excluding hydrogens is 421 g/mol. The van der Waals surface area contributed by atoms with Crippen LogP contribution in [-0.4, -0.2) is 21.6 Å². The molecule has 0 saturated heterocycles. The highest BCUT2D eigenvalue weighted by atomic mass is 32.2. The average molecular weight is 446 g/mol. The quantitative estimate of drug-likeness (QED) is 0.357. The molecule has 0 saturated carbocycles. The number of nitrogens with zero attached hydrogens (tertiary/aromatic N) is 2. The molecule has 4 rings (SSSR count). The topological polar surface area (TPSA) is 54.9 Å². The average Bonchev–Trinajstić information content (AvgIpc) is 2.80. The summed E-state index contributed by atoms with van der Waals surface area (Å²) in [4.78, 5) is 22.3. The first-order valence-electron chi connectivity index (χ1n) is 10.5. The molecule has 32 heavy (non-hydrogen) atoms. The minimum absolute atomic E-state index is 0.0818. The Labute approximate surface area is 191 Å². The molecule has 0 aliphatic rings. The van der Waals surface area contributed by atoms with Crippen LogP contribution in [0.5, 0.6) is 0 Å². The summed E-state index contributed by atoms with van der Waals surface area (Å²) in [5, 5.41) is 3.77. The lowest BCUT2D eigenvalue weighted by Gasteiger charge is -2.13. The van der Waals surface area contributed by atoms with E-state index >= 15 is 0 Å². The van der Waals surface area contributed by atoms with Gasteiger partial charge in [0.2, 0.25) is 5.91 Å². The van der Waals surface area contributed by atoms with Crippen molar-refractivity contribution < 1.29 is 9.18 Å². The van der Waals surface area contributed by atoms with Crippen LogP contribution < -0.4 is 5.32 Å². The van der Waals surface area contributed by atoms with Crippen LogP contribution in [0, 0.1) is 12.7 Å². The number of halogens is 1. The second-order valence-electron chi connectivity index (χ2n) is 7.57. The van der Waals surface area contributed by atoms with Gasteiger partial charge in [0.05, 0.1) is 22.5 Å². The summed E-state index contributed by atoms with van der Waals surface area (Å²) < 4.78 is 13.3. The maximum Gasteiger partial charge on any atom is 0.234 e. The molecule has 4 aromatic rings. The smallest absolute Gasteiger partial charge is 0.234 e. The van der Waals surface area contributed by atoms with Gasteiger partial charge in [0, 0.05) is 12.1 Å². The van der Waals surface area contributed by atoms with Crippen LogP contribution in [-0.2, 0) is 17.6 Å². The van der Waals surface area contributed by atoms with Crippen LogP contribution in [0.1, 0.15) is 29.3 Å². The molecule has 0 aliphatic carbocycles. The number of aromatic nitrogens is 2. The monoisotopic (exact) mass is 445 g/mol. The zero-order valence-corrected chi connectivity index (χ0v) is 18.9. The van der Waals surface area contributed by atoms with Gasteiger partial charge in [0.15, 0.2) is 0 Å². The van der Waals surface area contributed by atoms with Crippen LogP contribution in [0.15, 0.2) is 71.8 Å². The third-order valence-electron chi connectivity index (χ3n) is 5.24. The number of fused-ring (bicyclic) bond motifs is 1. The third kappa shape index (κ3) is 5.14. The number of thioether (sulfide) groups is 1. The zero-order chi connectivity index (χ0) is 22.5. The van der Waals surface area contributed by atoms with Crippen LogP contribution in [0.3, 0.4) is 0 Å². The number of aryl methyl sites for hydroxylation is 2. The summed E-state index contributed by atoms with van der Waals surface area (Å²) in [5.41, 5.74) is 6.34. The van der Waals surface area contributed by atoms with Crippen molar-refractivity contribution in [1.82, 2.24) is 9.97 Å². The normalized spacial score (nSPS) is 11.0. The minimum atomic E-state index is -0.271. The molecule has 0 atom stereocenters. The van der Waals surface area contributed by atoms with E-state index in [0.29, 0.717) is 11.4 Å². The molecule has 3 aromatic carbocycles. The Balaban J connectivity index is 1.56. The number of hydrogen-bond acceptors (Lipinski definition) is 4. The molecule has 162 valence electrons. The molecule has 0 aliphatic heterocycles. The molecule has 1 heterocycles. The Bertz CT molecular complexity index is 1260. The predicted octanol–water partition coefficient (Wildman–Crippen LogP) is 5.96. The van der Waals surface area contributed by atoms with E-state index in [9.17, 15) is 9.18 Å². The summed E-state index contributed by atoms with van der Waals surface area (Å²) in [7, 11) is 0. The van der Waals surface area contributed by atoms with E-state index in [1.54, 1.807) is 12.1 Å². The Morgan fingerprint density at radius 3 is 2.41 bits per heavy atom. The first-order chi connectivity index (χ1) is 15.5. The van der Waals surface area contributed by atoms with Gasteiger partial charge in [0.25, 0.3) is 0 Å². The second-order valence-corrected chi connectivity index (χ2v) is 8.53. The molecule has 0 unspecified atom stereocenters. The fourth-order valence-electron chi connectivity index (χ4n) is 3.56. The minimum Gasteiger partial charge on any atom is -0.325 e. The Hall–Kier alpha value is -3.25. The van der Waals surface area contributed by atoms with Crippen LogP contribution in [0.25, 0.3) is 11.0 Å². The molecule has 4 nitrogen and oxygen atoms in total. The second kappa shape index (κ2) is 9.92. The van der Waals surface area contributed by atoms with Gasteiger partial charge in [-0.15, -0.1) is 0 Å². The van der Waals surface area contributed by atoms with E-state index in [4.69, 9.17) is 9.97 Å². The summed E-state index contributed by atoms with van der Waals surface area (Å²) in [5.74, 6) is -0.130. The lowest BCUT2D eigenvalue weighted by Crippen LogP contribution is -2.16. The van der Waals surface area contributed by atoms with E-state index in [0.717, 1.165) is 45.5 Å². The van der Waals surface area contributed by atoms with Gasteiger partial charge in [-0.1, -0.05) is 61.2 Å². The number of nitrogens with one attached hydrogen (secondary N) is 1. The van der Waals surface area contributed by atoms with Crippen molar-refractivity contribution >= 4 is 34.4 Å². The lowest BCUT2D eigenvalue weighted by atomic mass is 10.1. The molecule has 0 fully saturated rings. The van der Waals surface area contributed by atoms with Crippen molar-refractivity contribution in [2.24, 2.45) is 0 Å². The van der Waals surface area contributed by atoms with Gasteiger partial charge < -0.3 is 5.32 Å². The van der Waals surface area contributed by atoms with E-state index in [2.05, 4.69) is 12.2 Å². The molecule has 1 amide bonds. The van der Waals surface area contributed by atoms with Crippen molar-refractivity contribution in [1.29, 1.82) is 0 Å². The molecule has 1 aromatic heterocycles. The molecule has 1 N–H and O–H groups in total. The summed E-state index contributed by atoms with van der Waals surface area (Å²) >= 11 is 1.37. The van der Waals surface area contributed by atoms with Crippen LogP contribution in [0.4, 0.5) is 10.1 Å². The number of rotatable bonds is 7. The first-order valence-corrected chi connectivity index (χ1v) is 11.5. The first kappa shape index (κ1) is 22.0. The SMILES string of the molecule is CCc1cccc(C)c1NC(=O)CSc1nc2ccccc2nc1Cc1ccc(F)cc1. The third-order valence-corrected chi connectivity index (χ3v) is 6.24. The molecule has 6 heteroatoms. The standard InChI is InChI=1S/C26H24FN3OS/c1-3-19-8-6-7-17(2)25(19)30-24(31)16-32-26-23(15-18-11-13-20(27)14-12-18)28-21-9-4-5-10-22(21)29-26/h4-14H,3,15-16H2,1-2H3,(H,30,31). The van der Waals surface area contributed by atoms with Crippen molar-refractivity contribution in [3.63, 3.8) is 0 Å². The number of carbonyl (C=O) groups excluding carboxylic acids is 1. The highest BCUT2D eigenvalue weighted by molar-refractivity contribution is 8.00. The molecule has 0 bridgehead atoms. The van der Waals surface area contributed by atoms with Crippen molar-refractivity contribution in [3.8, 4) is 0 Å². The summed E-state index contributed by atoms with van der Waals surface area (Å²) in [6.07, 6.45) is 1.36. The van der Waals surface area contributed by atoms with Gasteiger partial charge in [0.1, 0.15) is 10.8 Å². The van der Waals surface area contributed by atoms with E-state index in [-0.39, 0.29) is 17.5 Å². The Morgan fingerprint density at radius 1 is 0.969 bits per heavy atom. The van der Waals surface area contributed by atoms with E-state index in [1.807, 2.05) is 49.4 Å². The number of amides is 1. The Morgan fingerprint density at radius 2 is 1.69 bits per heavy atom. The van der Waals surface area contributed by atoms with Crippen molar-refractivity contribution in [3.05, 3.63) is 94.9 Å². The highest BCUT2D eigenvalue weighted by Crippen LogP contribution is 2.26. The van der Waals surface area contributed by atoms with Crippen LogP contribution >= 0.6 is 11.8 Å². The van der Waals surface area contributed by atoms with E-state index in [1.165, 1.54) is 23.9 Å². The Kier molecular flexibility index (Phi) is 6.81. The van der Waals surface area contributed by atoms with Crippen LogP contribution in [0.2, 0.25) is 0 Å². The molecular formula is C26H24FN3OS. The number of benzene rings is 3. The summed E-state index contributed by atoms with van der Waals surface area (Å²) in [6, 6.07) is 20.1. The van der Waals surface area contributed by atoms with Gasteiger partial charge >= 0.3 is 0 Å². The maximum atomic E-state index is 13.3. The van der Waals surface area contributed by atoms with Gasteiger partial charge in [-0.05, 0) is 54.3 Å². The van der Waals surface area contributed by atoms with Gasteiger partial charge in [-0.3, -0.25) is 4.79 Å². The number of hydrogen-bond donors (Lipinski definition) is 1. The molecule has 0 radical (unpaired) electrons. The predicted molar refractivity (Wildman–Crippen MR) is 129 cm³/mol. The largest absolute Gasteiger partial charge is 0.325 e. The van der Waals surface area contributed by atoms with Gasteiger partial charge in [-0.25, -0.2) is 14.4 Å². The number of carbonyl (C=O) groups is 1. The fourth-order valence-corrected chi connectivity index (χ4v) is 4.35. The van der Waals surface area contributed by atoms with Crippen molar-refractivity contribution in [2.75, 3.05) is 11.1 Å². The molecule has 0 spiro atoms. The van der Waals surface area contributed by atoms with Gasteiger partial charge in [-0.2, -0.15) is 0 Å². The van der Waals surface area contributed by atoms with E-state index < -0.39 is 0 Å². The maximum absolute atomic E-state index is 13.3. The zero-order valence-electron chi connectivity index (χ0n) is 18.1. The fraction of sp³-hybridized carbons (Fsp3) is 0.192. The van der Waals surface area contributed by atoms with Crippen molar-refractivity contribution in [2.45, 2.75) is 31.7 Å². The lowest BCUT2D eigenvalue weighted by molar-refractivity contribution is -0.113. The summed E-state index contributed by atoms with van der Waals surface area (Å²) in [6.45, 7) is 4.07. The number of anilines is 1. The highest BCUT2D eigenvalue weighted by Gasteiger charge is 2.14.